The molecule has 2 aromatic rings. The van der Waals surface area contributed by atoms with Crippen LogP contribution in [0.2, 0.25) is 0 Å². The zero-order valence-electron chi connectivity index (χ0n) is 13.3. The molecule has 23 heavy (non-hydrogen) atoms. The van der Waals surface area contributed by atoms with Gasteiger partial charge in [-0.15, -0.1) is 0 Å². The second kappa shape index (κ2) is 7.01. The predicted molar refractivity (Wildman–Crippen MR) is 88.9 cm³/mol. The van der Waals surface area contributed by atoms with Crippen LogP contribution in [-0.4, -0.2) is 23.2 Å². The minimum absolute atomic E-state index is 0.0389. The molecular weight excluding hydrogens is 290 g/mol. The first-order chi connectivity index (χ1) is 11.1. The van der Waals surface area contributed by atoms with Gasteiger partial charge in [0.15, 0.2) is 0 Å². The highest BCUT2D eigenvalue weighted by Crippen LogP contribution is 2.28. The highest BCUT2D eigenvalue weighted by atomic mass is 16.3. The maximum Gasteiger partial charge on any atom is 0.220 e. The van der Waals surface area contributed by atoms with Gasteiger partial charge in [-0.25, -0.2) is 0 Å². The van der Waals surface area contributed by atoms with Crippen molar-refractivity contribution in [3.8, 4) is 11.3 Å². The number of nitrogens with one attached hydrogen (secondary N) is 1. The van der Waals surface area contributed by atoms with Crippen LogP contribution in [0, 0.1) is 0 Å². The monoisotopic (exact) mass is 313 g/mol. The second-order valence-corrected chi connectivity index (χ2v) is 6.34. The van der Waals surface area contributed by atoms with Crippen molar-refractivity contribution in [2.75, 3.05) is 6.54 Å². The smallest absolute Gasteiger partial charge is 0.220 e. The molecule has 0 spiro atoms. The molecule has 1 aromatic carbocycles. The summed E-state index contributed by atoms with van der Waals surface area (Å²) in [6.07, 6.45) is 4.59. The summed E-state index contributed by atoms with van der Waals surface area (Å²) in [5.41, 5.74) is 0.340. The molecule has 4 nitrogen and oxygen atoms in total. The van der Waals surface area contributed by atoms with Gasteiger partial charge in [0.25, 0.3) is 0 Å². The second-order valence-electron chi connectivity index (χ2n) is 6.34. The number of benzene rings is 1. The zero-order valence-corrected chi connectivity index (χ0v) is 13.3. The lowest BCUT2D eigenvalue weighted by molar-refractivity contribution is -0.122. The summed E-state index contributed by atoms with van der Waals surface area (Å²) < 4.78 is 5.79. The number of hydrogen-bond acceptors (Lipinski definition) is 3. The van der Waals surface area contributed by atoms with Gasteiger partial charge in [-0.1, -0.05) is 43.2 Å². The Morgan fingerprint density at radius 1 is 1.13 bits per heavy atom. The number of furan rings is 1. The van der Waals surface area contributed by atoms with Gasteiger partial charge in [0.05, 0.1) is 5.60 Å². The van der Waals surface area contributed by atoms with Crippen LogP contribution in [0.15, 0.2) is 46.9 Å². The molecule has 0 atom stereocenters. The summed E-state index contributed by atoms with van der Waals surface area (Å²) in [6.45, 7) is 0.360. The van der Waals surface area contributed by atoms with E-state index in [1.165, 1.54) is 0 Å². The Morgan fingerprint density at radius 3 is 2.61 bits per heavy atom. The summed E-state index contributed by atoms with van der Waals surface area (Å²) in [6, 6.07) is 13.8. The fourth-order valence-corrected chi connectivity index (χ4v) is 3.07. The van der Waals surface area contributed by atoms with Crippen LogP contribution < -0.4 is 5.32 Å². The van der Waals surface area contributed by atoms with E-state index in [2.05, 4.69) is 5.32 Å². The van der Waals surface area contributed by atoms with Gasteiger partial charge in [0, 0.05) is 24.9 Å². The molecule has 1 fully saturated rings. The van der Waals surface area contributed by atoms with E-state index >= 15 is 0 Å². The van der Waals surface area contributed by atoms with Gasteiger partial charge >= 0.3 is 0 Å². The third-order valence-electron chi connectivity index (χ3n) is 4.47. The van der Waals surface area contributed by atoms with E-state index in [0.717, 1.165) is 42.8 Å². The Hall–Kier alpha value is -2.07. The first-order valence-electron chi connectivity index (χ1n) is 8.28. The Kier molecular flexibility index (Phi) is 4.82. The van der Waals surface area contributed by atoms with Gasteiger partial charge in [-0.2, -0.15) is 0 Å². The number of carbonyl (C=O) groups is 1. The molecule has 0 bridgehead atoms. The number of amides is 1. The van der Waals surface area contributed by atoms with Crippen molar-refractivity contribution < 1.29 is 14.3 Å². The molecule has 1 aromatic heterocycles. The third kappa shape index (κ3) is 4.23. The van der Waals surface area contributed by atoms with Crippen molar-refractivity contribution in [1.29, 1.82) is 0 Å². The Morgan fingerprint density at radius 2 is 1.87 bits per heavy atom. The summed E-state index contributed by atoms with van der Waals surface area (Å²) in [7, 11) is 0. The molecule has 1 aliphatic carbocycles. The van der Waals surface area contributed by atoms with Crippen LogP contribution in [0.25, 0.3) is 11.3 Å². The molecule has 1 amide bonds. The summed E-state index contributed by atoms with van der Waals surface area (Å²) in [5.74, 6) is 1.59. The fraction of sp³-hybridized carbons (Fsp3) is 0.421. The van der Waals surface area contributed by atoms with Crippen LogP contribution in [0.4, 0.5) is 0 Å². The number of rotatable bonds is 6. The van der Waals surface area contributed by atoms with E-state index in [1.807, 2.05) is 42.5 Å². The number of hydrogen-bond donors (Lipinski definition) is 2. The van der Waals surface area contributed by atoms with Crippen LogP contribution >= 0.6 is 0 Å². The summed E-state index contributed by atoms with van der Waals surface area (Å²) >= 11 is 0. The van der Waals surface area contributed by atoms with Gasteiger partial charge in [0.1, 0.15) is 11.5 Å². The standard InChI is InChI=1S/C19H23NO3/c21-18(20-14-19(22)12-4-5-13-19)11-9-16-8-10-17(23-16)15-6-2-1-3-7-15/h1-3,6-8,10,22H,4-5,9,11-14H2,(H,20,21). The van der Waals surface area contributed by atoms with Crippen molar-refractivity contribution >= 4 is 5.91 Å². The lowest BCUT2D eigenvalue weighted by Gasteiger charge is -2.22. The molecule has 3 rings (SSSR count). The van der Waals surface area contributed by atoms with E-state index in [9.17, 15) is 9.90 Å². The lowest BCUT2D eigenvalue weighted by atomic mass is 10.0. The topological polar surface area (TPSA) is 62.5 Å². The van der Waals surface area contributed by atoms with Crippen molar-refractivity contribution in [3.05, 3.63) is 48.2 Å². The normalized spacial score (nSPS) is 16.4. The van der Waals surface area contributed by atoms with Crippen molar-refractivity contribution in [3.63, 3.8) is 0 Å². The SMILES string of the molecule is O=C(CCc1ccc(-c2ccccc2)o1)NCC1(O)CCCC1. The molecule has 1 aliphatic rings. The molecule has 0 saturated heterocycles. The molecule has 0 aliphatic heterocycles. The quantitative estimate of drug-likeness (QED) is 0.860. The largest absolute Gasteiger partial charge is 0.461 e. The maximum atomic E-state index is 11.9. The van der Waals surface area contributed by atoms with Crippen LogP contribution in [0.5, 0.6) is 0 Å². The van der Waals surface area contributed by atoms with E-state index < -0.39 is 5.60 Å². The third-order valence-corrected chi connectivity index (χ3v) is 4.47. The minimum atomic E-state index is -0.694. The van der Waals surface area contributed by atoms with Crippen LogP contribution in [0.3, 0.4) is 0 Å². The van der Waals surface area contributed by atoms with E-state index in [-0.39, 0.29) is 5.91 Å². The van der Waals surface area contributed by atoms with Crippen molar-refractivity contribution in [2.24, 2.45) is 0 Å². The van der Waals surface area contributed by atoms with E-state index in [0.29, 0.717) is 19.4 Å². The summed E-state index contributed by atoms with van der Waals surface area (Å²) in [4.78, 5) is 11.9. The molecule has 2 N–H and O–H groups in total. The highest BCUT2D eigenvalue weighted by Gasteiger charge is 2.31. The Labute approximate surface area is 136 Å². The number of aliphatic hydroxyl groups is 1. The maximum absolute atomic E-state index is 11.9. The van der Waals surface area contributed by atoms with Gasteiger partial charge < -0.3 is 14.8 Å². The van der Waals surface area contributed by atoms with Gasteiger partial charge in [-0.3, -0.25) is 4.79 Å². The fourth-order valence-electron chi connectivity index (χ4n) is 3.07. The molecule has 0 radical (unpaired) electrons. The molecule has 122 valence electrons. The van der Waals surface area contributed by atoms with Gasteiger partial charge in [-0.05, 0) is 25.0 Å². The summed E-state index contributed by atoms with van der Waals surface area (Å²) in [5, 5.41) is 13.1. The predicted octanol–water partition coefficient (Wildman–Crippen LogP) is 3.30. The zero-order chi connectivity index (χ0) is 16.1. The van der Waals surface area contributed by atoms with Crippen molar-refractivity contribution in [2.45, 2.75) is 44.1 Å². The first-order valence-corrected chi connectivity index (χ1v) is 8.28. The number of aryl methyl sites for hydroxylation is 1. The minimum Gasteiger partial charge on any atom is -0.461 e. The van der Waals surface area contributed by atoms with Crippen LogP contribution in [0.1, 0.15) is 37.9 Å². The van der Waals surface area contributed by atoms with E-state index in [1.54, 1.807) is 0 Å². The molecular formula is C19H23NO3. The first kappa shape index (κ1) is 15.8. The molecule has 0 unspecified atom stereocenters. The van der Waals surface area contributed by atoms with E-state index in [4.69, 9.17) is 4.42 Å². The van der Waals surface area contributed by atoms with Crippen molar-refractivity contribution in [1.82, 2.24) is 5.32 Å². The molecule has 1 heterocycles. The van der Waals surface area contributed by atoms with Gasteiger partial charge in [0.2, 0.25) is 5.91 Å². The Bertz CT molecular complexity index is 642. The molecule has 1 saturated carbocycles. The average molecular weight is 313 g/mol. The Balaban J connectivity index is 1.47. The number of carbonyl (C=O) groups excluding carboxylic acids is 1. The van der Waals surface area contributed by atoms with Crippen LogP contribution in [-0.2, 0) is 11.2 Å². The lowest BCUT2D eigenvalue weighted by Crippen LogP contribution is -2.40. The highest BCUT2D eigenvalue weighted by molar-refractivity contribution is 5.76. The molecule has 4 heteroatoms. The average Bonchev–Trinajstić information content (AvgIpc) is 3.22.